The number of nitriles is 1. The number of carbonyl (C=O) groups is 2. The summed E-state index contributed by atoms with van der Waals surface area (Å²) in [6.45, 7) is 3.75. The molecule has 1 aromatic heterocycles. The van der Waals surface area contributed by atoms with Crippen LogP contribution in [0.25, 0.3) is 11.8 Å². The van der Waals surface area contributed by atoms with Gasteiger partial charge in [-0.15, -0.1) is 0 Å². The first-order valence-electron chi connectivity index (χ1n) is 9.42. The average molecular weight is 414 g/mol. The van der Waals surface area contributed by atoms with Gasteiger partial charge in [0, 0.05) is 22.8 Å². The van der Waals surface area contributed by atoms with Gasteiger partial charge in [-0.3, -0.25) is 4.79 Å². The molecule has 2 aromatic carbocycles. The first kappa shape index (κ1) is 21.4. The molecule has 31 heavy (non-hydrogen) atoms. The van der Waals surface area contributed by atoms with E-state index in [1.165, 1.54) is 18.2 Å². The van der Waals surface area contributed by atoms with E-state index in [9.17, 15) is 20.0 Å². The van der Waals surface area contributed by atoms with Crippen LogP contribution in [0, 0.1) is 25.2 Å². The van der Waals surface area contributed by atoms with E-state index in [0.717, 1.165) is 17.1 Å². The minimum absolute atomic E-state index is 0.0385. The number of methoxy groups -OCH3 is 1. The van der Waals surface area contributed by atoms with Crippen molar-refractivity contribution in [3.63, 3.8) is 0 Å². The normalized spacial score (nSPS) is 11.0. The number of nitrogens with zero attached hydrogens (tertiary/aromatic N) is 2. The van der Waals surface area contributed by atoms with Crippen LogP contribution >= 0.6 is 0 Å². The van der Waals surface area contributed by atoms with Gasteiger partial charge in [0.15, 0.2) is 0 Å². The van der Waals surface area contributed by atoms with Gasteiger partial charge in [0.25, 0.3) is 5.91 Å². The minimum Gasteiger partial charge on any atom is -0.545 e. The molecule has 1 N–H and O–H groups in total. The lowest BCUT2D eigenvalue weighted by Gasteiger charge is -2.11. The second kappa shape index (κ2) is 9.01. The molecule has 0 aliphatic heterocycles. The summed E-state index contributed by atoms with van der Waals surface area (Å²) in [6, 6.07) is 16.9. The van der Waals surface area contributed by atoms with E-state index in [1.807, 2.05) is 30.6 Å². The van der Waals surface area contributed by atoms with Crippen molar-refractivity contribution in [1.29, 1.82) is 5.26 Å². The van der Waals surface area contributed by atoms with E-state index in [0.29, 0.717) is 17.0 Å². The Kier molecular flexibility index (Phi) is 6.22. The molecule has 0 aliphatic rings. The van der Waals surface area contributed by atoms with Gasteiger partial charge in [0.2, 0.25) is 0 Å². The van der Waals surface area contributed by atoms with Crippen LogP contribution in [-0.4, -0.2) is 23.6 Å². The molecule has 0 saturated heterocycles. The number of aromatic nitrogens is 1. The molecule has 0 saturated carbocycles. The molecule has 3 aromatic rings. The topological polar surface area (TPSA) is 107 Å². The number of nitrogens with one attached hydrogen (secondary N) is 1. The van der Waals surface area contributed by atoms with Gasteiger partial charge in [-0.2, -0.15) is 5.26 Å². The quantitative estimate of drug-likeness (QED) is 0.493. The van der Waals surface area contributed by atoms with E-state index >= 15 is 0 Å². The lowest BCUT2D eigenvalue weighted by atomic mass is 10.1. The highest BCUT2D eigenvalue weighted by Crippen LogP contribution is 2.24. The number of hydrogen-bond acceptors (Lipinski definition) is 5. The zero-order chi connectivity index (χ0) is 22.5. The second-order valence-corrected chi connectivity index (χ2v) is 6.85. The maximum atomic E-state index is 12.6. The van der Waals surface area contributed by atoms with Gasteiger partial charge in [0.05, 0.1) is 13.1 Å². The fourth-order valence-corrected chi connectivity index (χ4v) is 3.25. The van der Waals surface area contributed by atoms with Crippen molar-refractivity contribution in [1.82, 2.24) is 4.57 Å². The molecule has 0 aliphatic carbocycles. The Balaban J connectivity index is 1.88. The number of amides is 1. The molecular formula is C24H20N3O4-. The van der Waals surface area contributed by atoms with E-state index in [-0.39, 0.29) is 11.1 Å². The van der Waals surface area contributed by atoms with Crippen molar-refractivity contribution in [3.8, 4) is 17.5 Å². The van der Waals surface area contributed by atoms with E-state index in [2.05, 4.69) is 5.32 Å². The smallest absolute Gasteiger partial charge is 0.266 e. The zero-order valence-electron chi connectivity index (χ0n) is 17.3. The maximum Gasteiger partial charge on any atom is 0.266 e. The molecule has 0 spiro atoms. The molecule has 0 unspecified atom stereocenters. The van der Waals surface area contributed by atoms with Crippen molar-refractivity contribution >= 4 is 23.6 Å². The largest absolute Gasteiger partial charge is 0.545 e. The van der Waals surface area contributed by atoms with Gasteiger partial charge < -0.3 is 24.5 Å². The minimum atomic E-state index is -1.24. The number of rotatable bonds is 6. The van der Waals surface area contributed by atoms with Gasteiger partial charge >= 0.3 is 0 Å². The summed E-state index contributed by atoms with van der Waals surface area (Å²) in [5.41, 5.74) is 3.76. The molecule has 7 heteroatoms. The number of aryl methyl sites for hydroxylation is 1. The fraction of sp³-hybridized carbons (Fsp3) is 0.125. The summed E-state index contributed by atoms with van der Waals surface area (Å²) < 4.78 is 7.01. The molecule has 3 rings (SSSR count). The Bertz CT molecular complexity index is 1200. The monoisotopic (exact) mass is 414 g/mol. The predicted octanol–water partition coefficient (Wildman–Crippen LogP) is 3.01. The predicted molar refractivity (Wildman–Crippen MR) is 115 cm³/mol. The number of hydrogen-bond donors (Lipinski definition) is 1. The van der Waals surface area contributed by atoms with Crippen LogP contribution < -0.4 is 15.2 Å². The summed E-state index contributed by atoms with van der Waals surface area (Å²) in [5.74, 6) is -1.09. The molecule has 0 radical (unpaired) electrons. The molecular weight excluding hydrogens is 394 g/mol. The van der Waals surface area contributed by atoms with Crippen LogP contribution in [0.5, 0.6) is 5.75 Å². The van der Waals surface area contributed by atoms with E-state index in [4.69, 9.17) is 4.74 Å². The van der Waals surface area contributed by atoms with Crippen molar-refractivity contribution in [2.45, 2.75) is 13.8 Å². The van der Waals surface area contributed by atoms with Crippen LogP contribution in [0.2, 0.25) is 0 Å². The Hall–Kier alpha value is -4.31. The van der Waals surface area contributed by atoms with Crippen molar-refractivity contribution in [2.24, 2.45) is 0 Å². The van der Waals surface area contributed by atoms with Crippen LogP contribution in [0.4, 0.5) is 5.69 Å². The van der Waals surface area contributed by atoms with Crippen LogP contribution in [0.3, 0.4) is 0 Å². The fourth-order valence-electron chi connectivity index (χ4n) is 3.25. The zero-order valence-corrected chi connectivity index (χ0v) is 17.3. The molecule has 156 valence electrons. The van der Waals surface area contributed by atoms with Gasteiger partial charge in [-0.1, -0.05) is 12.1 Å². The van der Waals surface area contributed by atoms with Crippen molar-refractivity contribution in [2.75, 3.05) is 12.4 Å². The number of aromatic carboxylic acids is 1. The van der Waals surface area contributed by atoms with Gasteiger partial charge in [-0.05, 0) is 73.5 Å². The standard InChI is InChI=1S/C24H21N3O4/c1-15-12-18(16(2)27(15)21-8-4-17(5-9-21)24(29)30)13-19(14-25)23(28)26-20-6-10-22(31-3)11-7-20/h4-13H,1-3H3,(H,26,28)(H,29,30)/p-1/b19-13+. The molecule has 0 atom stereocenters. The summed E-state index contributed by atoms with van der Waals surface area (Å²) in [4.78, 5) is 23.5. The third kappa shape index (κ3) is 4.65. The Morgan fingerprint density at radius 3 is 2.29 bits per heavy atom. The second-order valence-electron chi connectivity index (χ2n) is 6.85. The number of carboxylic acid groups (broad SMARTS) is 1. The lowest BCUT2D eigenvalue weighted by molar-refractivity contribution is -0.255. The summed E-state index contributed by atoms with van der Waals surface area (Å²) in [7, 11) is 1.55. The SMILES string of the molecule is COc1ccc(NC(=O)/C(C#N)=C/c2cc(C)n(-c3ccc(C(=O)[O-])cc3)c2C)cc1. The van der Waals surface area contributed by atoms with Crippen LogP contribution in [-0.2, 0) is 4.79 Å². The summed E-state index contributed by atoms with van der Waals surface area (Å²) >= 11 is 0. The highest BCUT2D eigenvalue weighted by molar-refractivity contribution is 6.09. The molecule has 0 fully saturated rings. The highest BCUT2D eigenvalue weighted by atomic mass is 16.5. The Morgan fingerprint density at radius 1 is 1.10 bits per heavy atom. The van der Waals surface area contributed by atoms with Crippen molar-refractivity contribution in [3.05, 3.63) is 82.7 Å². The van der Waals surface area contributed by atoms with Gasteiger partial charge in [0.1, 0.15) is 17.4 Å². The lowest BCUT2D eigenvalue weighted by Crippen LogP contribution is -2.22. The average Bonchev–Trinajstić information content (AvgIpc) is 3.05. The maximum absolute atomic E-state index is 12.6. The number of ether oxygens (including phenoxy) is 1. The third-order valence-corrected chi connectivity index (χ3v) is 4.84. The number of anilines is 1. The van der Waals surface area contributed by atoms with Crippen molar-refractivity contribution < 1.29 is 19.4 Å². The molecule has 7 nitrogen and oxygen atoms in total. The number of carbonyl (C=O) groups excluding carboxylic acids is 2. The summed E-state index contributed by atoms with van der Waals surface area (Å²) in [6.07, 6.45) is 1.53. The molecule has 0 bridgehead atoms. The Morgan fingerprint density at radius 2 is 1.74 bits per heavy atom. The highest BCUT2D eigenvalue weighted by Gasteiger charge is 2.14. The summed E-state index contributed by atoms with van der Waals surface area (Å²) in [5, 5.41) is 23.2. The van der Waals surface area contributed by atoms with Crippen LogP contribution in [0.15, 0.2) is 60.2 Å². The first-order chi connectivity index (χ1) is 14.8. The number of benzene rings is 2. The van der Waals surface area contributed by atoms with E-state index < -0.39 is 11.9 Å². The first-order valence-corrected chi connectivity index (χ1v) is 9.42. The Labute approximate surface area is 179 Å². The third-order valence-electron chi connectivity index (χ3n) is 4.84. The van der Waals surface area contributed by atoms with E-state index in [1.54, 1.807) is 43.5 Å². The molecule has 1 amide bonds. The van der Waals surface area contributed by atoms with Crippen LogP contribution in [0.1, 0.15) is 27.3 Å². The van der Waals surface area contributed by atoms with Gasteiger partial charge in [-0.25, -0.2) is 0 Å². The molecule has 1 heterocycles. The number of carboxylic acids is 1.